The fraction of sp³-hybridized carbons (Fsp3) is 1.00. The summed E-state index contributed by atoms with van der Waals surface area (Å²) in [7, 11) is -7.35. The molecule has 1 unspecified atom stereocenters. The molecule has 0 aliphatic carbocycles. The van der Waals surface area contributed by atoms with Crippen LogP contribution in [-0.2, 0) is 14.9 Å². The topological polar surface area (TPSA) is 63.6 Å². The average Bonchev–Trinajstić information content (AvgIpc) is 2.32. The van der Waals surface area contributed by atoms with Gasteiger partial charge in [0.05, 0.1) is 6.42 Å². The molecule has 1 atom stereocenters. The fourth-order valence-corrected chi connectivity index (χ4v) is 1.50. The smallest absolute Gasteiger partial charge is 0.281 e. The van der Waals surface area contributed by atoms with Gasteiger partial charge >= 0.3 is 45.6 Å². The second-order valence-electron chi connectivity index (χ2n) is 4.61. The third kappa shape index (κ3) is 4.84. The molecule has 0 rings (SSSR count). The van der Waals surface area contributed by atoms with Crippen molar-refractivity contribution in [3.05, 3.63) is 0 Å². The van der Waals surface area contributed by atoms with Gasteiger partial charge in [-0.15, -0.1) is 0 Å². The minimum Gasteiger partial charge on any atom is -0.281 e. The molecule has 0 aromatic heterocycles. The van der Waals surface area contributed by atoms with E-state index in [0.717, 1.165) is 0 Å². The van der Waals surface area contributed by atoms with Crippen molar-refractivity contribution in [2.24, 2.45) is 0 Å². The lowest BCUT2D eigenvalue weighted by atomic mass is 10.0. The quantitative estimate of drug-likeness (QED) is 0.434. The van der Waals surface area contributed by atoms with E-state index < -0.39 is 58.2 Å². The van der Waals surface area contributed by atoms with Gasteiger partial charge in [0.15, 0.2) is 6.17 Å². The molecule has 27 heavy (non-hydrogen) atoms. The molecule has 0 aliphatic heterocycles. The Balaban J connectivity index is 5.98. The normalized spacial score (nSPS) is 17.1. The van der Waals surface area contributed by atoms with Gasteiger partial charge in [0.1, 0.15) is 0 Å². The zero-order chi connectivity index (χ0) is 22.5. The zero-order valence-corrected chi connectivity index (χ0v) is 12.5. The Kier molecular flexibility index (Phi) is 6.47. The highest BCUT2D eigenvalue weighted by Crippen LogP contribution is 2.53. The minimum atomic E-state index is -7.62. The van der Waals surface area contributed by atoms with Crippen LogP contribution in [0.2, 0.25) is 0 Å². The number of rotatable bonds is 8. The highest BCUT2D eigenvalue weighted by atomic mass is 32.2. The van der Waals surface area contributed by atoms with E-state index in [1.165, 1.54) is 4.74 Å². The average molecular weight is 462 g/mol. The van der Waals surface area contributed by atoms with Crippen LogP contribution in [-0.4, -0.2) is 54.6 Å². The molecule has 164 valence electrons. The second kappa shape index (κ2) is 6.75. The highest BCUT2D eigenvalue weighted by molar-refractivity contribution is 7.86. The van der Waals surface area contributed by atoms with E-state index in [-0.39, 0.29) is 0 Å². The maximum absolute atomic E-state index is 13.0. The summed E-state index contributed by atoms with van der Waals surface area (Å²) in [4.78, 5) is 0. The highest BCUT2D eigenvalue weighted by Gasteiger charge is 2.81. The van der Waals surface area contributed by atoms with Gasteiger partial charge in [0.2, 0.25) is 0 Å². The van der Waals surface area contributed by atoms with E-state index in [0.29, 0.717) is 0 Å². The number of ether oxygens (including phenoxy) is 1. The van der Waals surface area contributed by atoms with Crippen molar-refractivity contribution in [3.63, 3.8) is 0 Å². The summed E-state index contributed by atoms with van der Waals surface area (Å²) in [6, 6.07) is 0. The molecule has 0 fully saturated rings. The van der Waals surface area contributed by atoms with Crippen LogP contribution in [0.4, 0.5) is 61.5 Å². The molecular weight excluding hydrogens is 458 g/mol. The predicted molar refractivity (Wildman–Crippen MR) is 52.9 cm³/mol. The van der Waals surface area contributed by atoms with Crippen molar-refractivity contribution in [1.29, 1.82) is 0 Å². The van der Waals surface area contributed by atoms with Crippen molar-refractivity contribution in [1.82, 2.24) is 0 Å². The van der Waals surface area contributed by atoms with E-state index in [9.17, 15) is 69.9 Å². The van der Waals surface area contributed by atoms with E-state index in [2.05, 4.69) is 0 Å². The molecule has 0 radical (unpaired) electrons. The maximum Gasteiger partial charge on any atom is 0.460 e. The second-order valence-corrected chi connectivity index (χ2v) is 6.07. The van der Waals surface area contributed by atoms with Gasteiger partial charge in [-0.05, 0) is 0 Å². The Labute approximate surface area is 138 Å². The molecule has 0 bridgehead atoms. The standard InChI is InChI=1S/C8H4F14O4S/c9-2(1-3(10,11)12)4(13,14)5(15,16)6(17,18)26-7(19,20)8(21,22)27(23,24)25/h2H,1H2,(H,23,24,25). The Hall–Kier alpha value is -1.11. The molecule has 1 N–H and O–H groups in total. The van der Waals surface area contributed by atoms with Crippen molar-refractivity contribution < 1.29 is 79.2 Å². The predicted octanol–water partition coefficient (Wildman–Crippen LogP) is 4.23. The van der Waals surface area contributed by atoms with E-state index >= 15 is 0 Å². The third-order valence-corrected chi connectivity index (χ3v) is 3.39. The first kappa shape index (κ1) is 25.9. The van der Waals surface area contributed by atoms with E-state index in [4.69, 9.17) is 4.55 Å². The molecule has 0 saturated heterocycles. The third-order valence-electron chi connectivity index (χ3n) is 2.51. The number of hydrogen-bond acceptors (Lipinski definition) is 3. The van der Waals surface area contributed by atoms with Gasteiger partial charge in [-0.25, -0.2) is 9.13 Å². The molecule has 0 amide bonds. The van der Waals surface area contributed by atoms with Crippen LogP contribution in [0.25, 0.3) is 0 Å². The van der Waals surface area contributed by atoms with E-state index in [1.807, 2.05) is 0 Å². The number of hydrogen-bond donors (Lipinski definition) is 1. The minimum absolute atomic E-state index is 1.41. The van der Waals surface area contributed by atoms with Gasteiger partial charge < -0.3 is 0 Å². The number of halogens is 14. The van der Waals surface area contributed by atoms with Crippen molar-refractivity contribution in [2.75, 3.05) is 0 Å². The molecule has 0 saturated carbocycles. The SMILES string of the molecule is O=S(=O)(O)C(F)(F)C(F)(F)OC(F)(F)C(F)(F)C(F)(F)C(F)CC(F)(F)F. The van der Waals surface area contributed by atoms with Crippen molar-refractivity contribution in [3.8, 4) is 0 Å². The molecule has 19 heteroatoms. The van der Waals surface area contributed by atoms with Crippen LogP contribution < -0.4 is 0 Å². The van der Waals surface area contributed by atoms with Crippen molar-refractivity contribution in [2.45, 2.75) is 48.1 Å². The molecule has 0 heterocycles. The van der Waals surface area contributed by atoms with Crippen LogP contribution in [0, 0.1) is 0 Å². The van der Waals surface area contributed by atoms with E-state index in [1.54, 1.807) is 0 Å². The Morgan fingerprint density at radius 2 is 1.15 bits per heavy atom. The van der Waals surface area contributed by atoms with Gasteiger partial charge in [0.25, 0.3) is 0 Å². The van der Waals surface area contributed by atoms with Crippen molar-refractivity contribution >= 4 is 10.1 Å². The molecule has 0 aliphatic rings. The van der Waals surface area contributed by atoms with Crippen LogP contribution in [0.1, 0.15) is 6.42 Å². The molecule has 0 aromatic rings. The van der Waals surface area contributed by atoms with Crippen LogP contribution in [0.5, 0.6) is 0 Å². The summed E-state index contributed by atoms with van der Waals surface area (Å²) in [6.45, 7) is 0. The monoisotopic (exact) mass is 462 g/mol. The Morgan fingerprint density at radius 3 is 1.44 bits per heavy atom. The van der Waals surface area contributed by atoms with Gasteiger partial charge in [0, 0.05) is 0 Å². The first-order valence-corrected chi connectivity index (χ1v) is 7.04. The summed E-state index contributed by atoms with van der Waals surface area (Å²) in [5, 5.41) is -7.10. The van der Waals surface area contributed by atoms with Gasteiger partial charge in [-0.3, -0.25) is 4.55 Å². The fourth-order valence-electron chi connectivity index (χ4n) is 1.16. The largest absolute Gasteiger partial charge is 0.460 e. The van der Waals surface area contributed by atoms with Gasteiger partial charge in [-0.1, -0.05) is 0 Å². The molecule has 4 nitrogen and oxygen atoms in total. The Morgan fingerprint density at radius 1 is 0.778 bits per heavy atom. The first-order valence-electron chi connectivity index (χ1n) is 5.60. The van der Waals surface area contributed by atoms with Gasteiger partial charge in [-0.2, -0.15) is 65.5 Å². The lowest BCUT2D eigenvalue weighted by molar-refractivity contribution is -0.480. The summed E-state index contributed by atoms with van der Waals surface area (Å²) in [5.41, 5.74) is 0. The summed E-state index contributed by atoms with van der Waals surface area (Å²) < 4.78 is 205. The Bertz CT molecular complexity index is 638. The summed E-state index contributed by atoms with van der Waals surface area (Å²) in [6.07, 6.45) is -29.5. The molecule has 0 spiro atoms. The lowest BCUT2D eigenvalue weighted by Gasteiger charge is -2.36. The van der Waals surface area contributed by atoms with Crippen LogP contribution in [0.15, 0.2) is 0 Å². The maximum atomic E-state index is 13.0. The van der Waals surface area contributed by atoms with Crippen LogP contribution >= 0.6 is 0 Å². The molecular formula is C8H4F14O4S. The molecule has 0 aromatic carbocycles. The number of alkyl halides is 14. The summed E-state index contributed by atoms with van der Waals surface area (Å²) >= 11 is 0. The lowest BCUT2D eigenvalue weighted by Crippen LogP contribution is -2.63. The summed E-state index contributed by atoms with van der Waals surface area (Å²) in [5.74, 6) is -14.7. The zero-order valence-electron chi connectivity index (χ0n) is 11.7. The van der Waals surface area contributed by atoms with Crippen LogP contribution in [0.3, 0.4) is 0 Å². The first-order chi connectivity index (χ1) is 11.3.